The number of nitriles is 1. The minimum absolute atomic E-state index is 0.200. The van der Waals surface area contributed by atoms with E-state index in [1.807, 2.05) is 35.0 Å². The van der Waals surface area contributed by atoms with E-state index in [4.69, 9.17) is 5.26 Å². The first-order valence-electron chi connectivity index (χ1n) is 7.34. The molecule has 0 spiro atoms. The largest absolute Gasteiger partial charge is 0.346 e. The summed E-state index contributed by atoms with van der Waals surface area (Å²) in [7, 11) is 0. The van der Waals surface area contributed by atoms with Gasteiger partial charge in [0.05, 0.1) is 24.9 Å². The molecule has 0 radical (unpaired) electrons. The second kappa shape index (κ2) is 7.15. The van der Waals surface area contributed by atoms with Crippen LogP contribution in [0.25, 0.3) is 10.9 Å². The first-order valence-corrected chi connectivity index (χ1v) is 7.34. The molecule has 3 rings (SSSR count). The average molecular weight is 318 g/mol. The van der Waals surface area contributed by atoms with Crippen molar-refractivity contribution in [2.45, 2.75) is 13.0 Å². The summed E-state index contributed by atoms with van der Waals surface area (Å²) in [6.45, 7) is 0.608. The number of aromatic nitrogens is 3. The Bertz CT molecular complexity index is 923. The fourth-order valence-corrected chi connectivity index (χ4v) is 2.37. The Morgan fingerprint density at radius 2 is 2.25 bits per heavy atom. The van der Waals surface area contributed by atoms with Gasteiger partial charge in [-0.15, -0.1) is 0 Å². The van der Waals surface area contributed by atoms with Crippen LogP contribution in [0.4, 0.5) is 0 Å². The van der Waals surface area contributed by atoms with Crippen LogP contribution in [-0.2, 0) is 6.54 Å². The Labute approximate surface area is 138 Å². The number of rotatable bonds is 5. The molecule has 3 aromatic rings. The molecule has 0 atom stereocenters. The number of nitrogens with zero attached hydrogens (tertiary/aromatic N) is 5. The van der Waals surface area contributed by atoms with E-state index in [9.17, 15) is 4.79 Å². The van der Waals surface area contributed by atoms with Crippen molar-refractivity contribution in [2.75, 3.05) is 0 Å². The number of hydrazone groups is 1. The molecule has 0 saturated heterocycles. The van der Waals surface area contributed by atoms with Crippen molar-refractivity contribution in [1.82, 2.24) is 20.0 Å². The molecule has 1 amide bonds. The van der Waals surface area contributed by atoms with Gasteiger partial charge in [-0.3, -0.25) is 9.78 Å². The van der Waals surface area contributed by atoms with Crippen molar-refractivity contribution in [3.05, 3.63) is 60.3 Å². The van der Waals surface area contributed by atoms with Crippen LogP contribution >= 0.6 is 0 Å². The van der Waals surface area contributed by atoms with Crippen LogP contribution in [0, 0.1) is 11.3 Å². The molecule has 0 aliphatic rings. The topological polar surface area (TPSA) is 96.0 Å². The van der Waals surface area contributed by atoms with Crippen molar-refractivity contribution in [2.24, 2.45) is 5.10 Å². The van der Waals surface area contributed by atoms with Crippen LogP contribution in [0.15, 0.2) is 54.2 Å². The van der Waals surface area contributed by atoms with Crippen molar-refractivity contribution in [3.63, 3.8) is 0 Å². The van der Waals surface area contributed by atoms with Gasteiger partial charge in [0, 0.05) is 41.6 Å². The molecular formula is C17H14N6O. The van der Waals surface area contributed by atoms with Gasteiger partial charge >= 0.3 is 0 Å². The van der Waals surface area contributed by atoms with E-state index < -0.39 is 5.91 Å². The minimum Gasteiger partial charge on any atom is -0.346 e. The van der Waals surface area contributed by atoms with Crippen LogP contribution < -0.4 is 5.43 Å². The van der Waals surface area contributed by atoms with Crippen LogP contribution in [0.5, 0.6) is 0 Å². The standard InChI is InChI=1S/C17H14N6O/c18-6-3-9-23-12-13(14-4-1-2-5-16(14)23)10-21-22-17(24)15-11-19-7-8-20-15/h1-2,4-5,7-8,10-12H,3,9H2,(H,22,24)/b21-10+. The van der Waals surface area contributed by atoms with Gasteiger partial charge in [0.1, 0.15) is 5.69 Å². The third-order valence-corrected chi connectivity index (χ3v) is 3.45. The van der Waals surface area contributed by atoms with E-state index in [0.29, 0.717) is 13.0 Å². The van der Waals surface area contributed by atoms with E-state index in [1.54, 1.807) is 6.21 Å². The summed E-state index contributed by atoms with van der Waals surface area (Å²) < 4.78 is 2.00. The second-order valence-electron chi connectivity index (χ2n) is 4.99. The highest BCUT2D eigenvalue weighted by Crippen LogP contribution is 2.20. The van der Waals surface area contributed by atoms with Crippen LogP contribution in [0.1, 0.15) is 22.5 Å². The smallest absolute Gasteiger partial charge is 0.291 e. The van der Waals surface area contributed by atoms with Gasteiger partial charge in [0.15, 0.2) is 0 Å². The molecule has 0 saturated carbocycles. The molecule has 0 fully saturated rings. The molecule has 0 aliphatic heterocycles. The maximum atomic E-state index is 11.9. The fraction of sp³-hybridized carbons (Fsp3) is 0.118. The predicted molar refractivity (Wildman–Crippen MR) is 89.3 cm³/mol. The van der Waals surface area contributed by atoms with Gasteiger partial charge in [-0.05, 0) is 6.07 Å². The Balaban J connectivity index is 1.80. The molecule has 0 bridgehead atoms. The zero-order valence-corrected chi connectivity index (χ0v) is 12.8. The highest BCUT2D eigenvalue weighted by molar-refractivity contribution is 6.00. The Hall–Kier alpha value is -3.53. The Morgan fingerprint density at radius 1 is 1.38 bits per heavy atom. The summed E-state index contributed by atoms with van der Waals surface area (Å²) in [6, 6.07) is 9.99. The van der Waals surface area contributed by atoms with Crippen molar-refractivity contribution >= 4 is 23.0 Å². The van der Waals surface area contributed by atoms with Gasteiger partial charge in [0.25, 0.3) is 5.91 Å². The lowest BCUT2D eigenvalue weighted by Gasteiger charge is -2.00. The number of nitrogens with one attached hydrogen (secondary N) is 1. The molecule has 2 heterocycles. The molecule has 0 aliphatic carbocycles. The number of benzene rings is 1. The number of para-hydroxylation sites is 1. The number of carbonyl (C=O) groups excluding carboxylic acids is 1. The number of fused-ring (bicyclic) bond motifs is 1. The first kappa shape index (κ1) is 15.4. The molecule has 7 nitrogen and oxygen atoms in total. The third kappa shape index (κ3) is 3.28. The summed E-state index contributed by atoms with van der Waals surface area (Å²) in [5, 5.41) is 13.8. The van der Waals surface area contributed by atoms with E-state index in [-0.39, 0.29) is 5.69 Å². The highest BCUT2D eigenvalue weighted by Gasteiger charge is 2.07. The average Bonchev–Trinajstić information content (AvgIpc) is 2.99. The van der Waals surface area contributed by atoms with Crippen LogP contribution in [0.2, 0.25) is 0 Å². The normalized spacial score (nSPS) is 10.8. The zero-order chi connectivity index (χ0) is 16.8. The Morgan fingerprint density at radius 3 is 3.04 bits per heavy atom. The second-order valence-corrected chi connectivity index (χ2v) is 4.99. The predicted octanol–water partition coefficient (Wildman–Crippen LogP) is 2.11. The molecule has 1 N–H and O–H groups in total. The Kier molecular flexibility index (Phi) is 4.58. The number of aryl methyl sites for hydroxylation is 1. The lowest BCUT2D eigenvalue weighted by molar-refractivity contribution is 0.0949. The van der Waals surface area contributed by atoms with Gasteiger partial charge < -0.3 is 4.57 Å². The molecule has 2 aromatic heterocycles. The molecular weight excluding hydrogens is 304 g/mol. The van der Waals surface area contributed by atoms with E-state index in [0.717, 1.165) is 16.5 Å². The molecule has 118 valence electrons. The minimum atomic E-state index is -0.424. The fourth-order valence-electron chi connectivity index (χ4n) is 2.37. The SMILES string of the molecule is N#CCCn1cc(/C=N/NC(=O)c2cnccn2)c2ccccc21. The number of hydrogen-bond acceptors (Lipinski definition) is 5. The van der Waals surface area contributed by atoms with E-state index in [1.165, 1.54) is 18.6 Å². The maximum absolute atomic E-state index is 11.9. The van der Waals surface area contributed by atoms with Crippen molar-refractivity contribution in [1.29, 1.82) is 5.26 Å². The third-order valence-electron chi connectivity index (χ3n) is 3.45. The van der Waals surface area contributed by atoms with Gasteiger partial charge in [-0.1, -0.05) is 18.2 Å². The maximum Gasteiger partial charge on any atom is 0.291 e. The summed E-state index contributed by atoms with van der Waals surface area (Å²) in [5.41, 5.74) is 4.52. The molecule has 0 unspecified atom stereocenters. The lowest BCUT2D eigenvalue weighted by Crippen LogP contribution is -2.19. The van der Waals surface area contributed by atoms with Gasteiger partial charge in [0.2, 0.25) is 0 Å². The van der Waals surface area contributed by atoms with E-state index in [2.05, 4.69) is 26.6 Å². The summed E-state index contributed by atoms with van der Waals surface area (Å²) in [6.07, 6.45) is 8.24. The summed E-state index contributed by atoms with van der Waals surface area (Å²) >= 11 is 0. The number of hydrogen-bond donors (Lipinski definition) is 1. The number of carbonyl (C=O) groups is 1. The lowest BCUT2D eigenvalue weighted by atomic mass is 10.2. The monoisotopic (exact) mass is 318 g/mol. The summed E-state index contributed by atoms with van der Waals surface area (Å²) in [5.74, 6) is -0.424. The molecule has 7 heteroatoms. The zero-order valence-electron chi connectivity index (χ0n) is 12.8. The van der Waals surface area contributed by atoms with Gasteiger partial charge in [-0.2, -0.15) is 10.4 Å². The van der Waals surface area contributed by atoms with Crippen molar-refractivity contribution in [3.8, 4) is 6.07 Å². The van der Waals surface area contributed by atoms with Crippen LogP contribution in [-0.4, -0.2) is 26.7 Å². The number of amides is 1. The van der Waals surface area contributed by atoms with E-state index >= 15 is 0 Å². The van der Waals surface area contributed by atoms with Crippen LogP contribution in [0.3, 0.4) is 0 Å². The van der Waals surface area contributed by atoms with Gasteiger partial charge in [-0.25, -0.2) is 10.4 Å². The molecule has 1 aromatic carbocycles. The first-order chi connectivity index (χ1) is 11.8. The molecule has 24 heavy (non-hydrogen) atoms. The quantitative estimate of drug-likeness (QED) is 0.575. The highest BCUT2D eigenvalue weighted by atomic mass is 16.2. The van der Waals surface area contributed by atoms with Crippen molar-refractivity contribution < 1.29 is 4.79 Å². The summed E-state index contributed by atoms with van der Waals surface area (Å²) in [4.78, 5) is 19.6.